The lowest BCUT2D eigenvalue weighted by atomic mass is 10.1. The Bertz CT molecular complexity index is 1410. The SMILES string of the molecule is [C-]#[N+]c1nc(Cc2cc(Nc3ccccc3S(C)(=O)=O)c3c(n2)CC(C)=N3)ccc1OCC. The van der Waals surface area contributed by atoms with Crippen LogP contribution in [0.25, 0.3) is 4.85 Å². The molecule has 9 heteroatoms. The Kier molecular flexibility index (Phi) is 6.11. The monoisotopic (exact) mass is 461 g/mol. The minimum absolute atomic E-state index is 0.214. The van der Waals surface area contributed by atoms with E-state index < -0.39 is 9.84 Å². The quantitative estimate of drug-likeness (QED) is 0.507. The molecule has 168 valence electrons. The summed E-state index contributed by atoms with van der Waals surface area (Å²) < 4.78 is 30.0. The zero-order valence-electron chi connectivity index (χ0n) is 18.6. The van der Waals surface area contributed by atoms with Crippen molar-refractivity contribution < 1.29 is 13.2 Å². The lowest BCUT2D eigenvalue weighted by Gasteiger charge is -2.14. The number of hydrogen-bond acceptors (Lipinski definition) is 7. The van der Waals surface area contributed by atoms with Crippen molar-refractivity contribution in [2.75, 3.05) is 18.2 Å². The number of nitrogens with zero attached hydrogens (tertiary/aromatic N) is 4. The number of rotatable bonds is 7. The zero-order valence-corrected chi connectivity index (χ0v) is 19.4. The minimum atomic E-state index is -3.42. The van der Waals surface area contributed by atoms with Crippen molar-refractivity contribution in [2.45, 2.75) is 31.6 Å². The van der Waals surface area contributed by atoms with Crippen LogP contribution in [0.5, 0.6) is 5.75 Å². The maximum Gasteiger partial charge on any atom is 0.312 e. The van der Waals surface area contributed by atoms with Crippen LogP contribution in [0.3, 0.4) is 0 Å². The van der Waals surface area contributed by atoms with Gasteiger partial charge in [-0.1, -0.05) is 18.7 Å². The highest BCUT2D eigenvalue weighted by molar-refractivity contribution is 7.90. The molecule has 0 saturated carbocycles. The van der Waals surface area contributed by atoms with Crippen LogP contribution in [0.15, 0.2) is 52.4 Å². The van der Waals surface area contributed by atoms with Gasteiger partial charge >= 0.3 is 5.82 Å². The van der Waals surface area contributed by atoms with Crippen LogP contribution in [0.2, 0.25) is 0 Å². The van der Waals surface area contributed by atoms with Gasteiger partial charge in [0.2, 0.25) is 0 Å². The van der Waals surface area contributed by atoms with Gasteiger partial charge in [0, 0.05) is 18.4 Å². The number of sulfone groups is 1. The molecule has 1 aliphatic rings. The number of benzene rings is 1. The van der Waals surface area contributed by atoms with Gasteiger partial charge in [-0.2, -0.15) is 0 Å². The standard InChI is InChI=1S/C24H23N5O3S/c1-5-32-21-11-10-16(28-24(21)25-3)13-17-14-20(23-19(27-17)12-15(2)26-23)29-18-8-6-7-9-22(18)33(4,30)31/h6-11,14H,5,12-13H2,1-2,4H3,(H,27,29). The Labute approximate surface area is 193 Å². The van der Waals surface area contributed by atoms with Crippen molar-refractivity contribution >= 4 is 38.4 Å². The fraction of sp³-hybridized carbons (Fsp3) is 0.250. The summed E-state index contributed by atoms with van der Waals surface area (Å²) >= 11 is 0. The van der Waals surface area contributed by atoms with Gasteiger partial charge < -0.3 is 14.9 Å². The molecule has 0 saturated heterocycles. The average Bonchev–Trinajstić information content (AvgIpc) is 3.15. The molecule has 0 unspecified atom stereocenters. The fourth-order valence-electron chi connectivity index (χ4n) is 3.70. The van der Waals surface area contributed by atoms with Gasteiger partial charge in [0.1, 0.15) is 17.1 Å². The van der Waals surface area contributed by atoms with Crippen LogP contribution in [-0.2, 0) is 22.7 Å². The highest BCUT2D eigenvalue weighted by atomic mass is 32.2. The first-order chi connectivity index (χ1) is 15.8. The molecule has 1 N–H and O–H groups in total. The van der Waals surface area contributed by atoms with E-state index in [1.54, 1.807) is 30.3 Å². The van der Waals surface area contributed by atoms with Gasteiger partial charge in [-0.25, -0.2) is 8.42 Å². The Morgan fingerprint density at radius 3 is 2.64 bits per heavy atom. The third kappa shape index (κ3) is 4.86. The van der Waals surface area contributed by atoms with Crippen molar-refractivity contribution in [2.24, 2.45) is 4.99 Å². The van der Waals surface area contributed by atoms with Crippen molar-refractivity contribution in [1.29, 1.82) is 0 Å². The van der Waals surface area contributed by atoms with Gasteiger partial charge in [0.25, 0.3) is 0 Å². The number of aliphatic imine (C=N–C) groups is 1. The number of nitrogens with one attached hydrogen (secondary N) is 1. The second kappa shape index (κ2) is 9.00. The molecule has 2 aromatic heterocycles. The fourth-order valence-corrected chi connectivity index (χ4v) is 4.55. The van der Waals surface area contributed by atoms with Gasteiger partial charge in [0.15, 0.2) is 9.84 Å². The molecule has 0 bridgehead atoms. The van der Waals surface area contributed by atoms with Gasteiger partial charge in [0.05, 0.1) is 40.7 Å². The Balaban J connectivity index is 1.72. The summed E-state index contributed by atoms with van der Waals surface area (Å²) in [7, 11) is -3.42. The maximum atomic E-state index is 12.2. The molecule has 1 aliphatic heterocycles. The number of pyridine rings is 2. The summed E-state index contributed by atoms with van der Waals surface area (Å²) in [6, 6.07) is 12.2. The van der Waals surface area contributed by atoms with E-state index in [0.717, 1.165) is 17.1 Å². The van der Waals surface area contributed by atoms with E-state index in [1.807, 2.05) is 26.0 Å². The molecule has 0 spiro atoms. The molecule has 0 amide bonds. The number of aromatic nitrogens is 2. The van der Waals surface area contributed by atoms with Crippen LogP contribution in [0, 0.1) is 6.57 Å². The third-order valence-electron chi connectivity index (χ3n) is 5.06. The first kappa shape index (κ1) is 22.4. The number of hydrogen-bond donors (Lipinski definition) is 1. The van der Waals surface area contributed by atoms with Crippen molar-refractivity contribution in [3.05, 3.63) is 71.0 Å². The molecule has 0 atom stereocenters. The Hall–Kier alpha value is -3.77. The molecule has 3 heterocycles. The van der Waals surface area contributed by atoms with E-state index in [9.17, 15) is 8.42 Å². The second-order valence-corrected chi connectivity index (χ2v) is 9.70. The number of anilines is 2. The van der Waals surface area contributed by atoms with E-state index in [0.29, 0.717) is 48.0 Å². The summed E-state index contributed by atoms with van der Waals surface area (Å²) in [5.74, 6) is 0.678. The predicted molar refractivity (Wildman–Crippen MR) is 128 cm³/mol. The lowest BCUT2D eigenvalue weighted by Crippen LogP contribution is -2.05. The van der Waals surface area contributed by atoms with E-state index >= 15 is 0 Å². The van der Waals surface area contributed by atoms with E-state index in [4.69, 9.17) is 16.3 Å². The average molecular weight is 462 g/mol. The maximum absolute atomic E-state index is 12.2. The van der Waals surface area contributed by atoms with Gasteiger partial charge in [-0.3, -0.25) is 9.98 Å². The lowest BCUT2D eigenvalue weighted by molar-refractivity contribution is 0.341. The minimum Gasteiger partial charge on any atom is -0.503 e. The smallest absolute Gasteiger partial charge is 0.312 e. The van der Waals surface area contributed by atoms with Crippen molar-refractivity contribution in [1.82, 2.24) is 9.97 Å². The highest BCUT2D eigenvalue weighted by Gasteiger charge is 2.21. The molecular formula is C24H23N5O3S. The number of para-hydroxylation sites is 1. The molecule has 0 aliphatic carbocycles. The van der Waals surface area contributed by atoms with Crippen molar-refractivity contribution in [3.8, 4) is 5.75 Å². The summed E-state index contributed by atoms with van der Waals surface area (Å²) in [4.78, 5) is 17.5. The molecule has 0 radical (unpaired) electrons. The molecule has 8 nitrogen and oxygen atoms in total. The van der Waals surface area contributed by atoms with Gasteiger partial charge in [-0.05, 0) is 44.2 Å². The van der Waals surface area contributed by atoms with Gasteiger partial charge in [-0.15, -0.1) is 4.98 Å². The van der Waals surface area contributed by atoms with Crippen molar-refractivity contribution in [3.63, 3.8) is 0 Å². The van der Waals surface area contributed by atoms with Crippen LogP contribution in [0.1, 0.15) is 30.9 Å². The van der Waals surface area contributed by atoms with Crippen LogP contribution < -0.4 is 10.1 Å². The van der Waals surface area contributed by atoms with E-state index in [-0.39, 0.29) is 10.7 Å². The summed E-state index contributed by atoms with van der Waals surface area (Å²) in [5.41, 5.74) is 5.05. The Morgan fingerprint density at radius 1 is 1.12 bits per heavy atom. The third-order valence-corrected chi connectivity index (χ3v) is 6.22. The first-order valence-electron chi connectivity index (χ1n) is 10.4. The highest BCUT2D eigenvalue weighted by Crippen LogP contribution is 2.37. The largest absolute Gasteiger partial charge is 0.503 e. The molecule has 33 heavy (non-hydrogen) atoms. The topological polar surface area (TPSA) is 97.9 Å². The first-order valence-corrected chi connectivity index (χ1v) is 12.3. The summed E-state index contributed by atoms with van der Waals surface area (Å²) in [6.45, 7) is 11.6. The van der Waals surface area contributed by atoms with Crippen LogP contribution >= 0.6 is 0 Å². The second-order valence-electron chi connectivity index (χ2n) is 7.72. The van der Waals surface area contributed by atoms with E-state index in [2.05, 4.69) is 20.1 Å². The summed E-state index contributed by atoms with van der Waals surface area (Å²) in [5, 5.41) is 3.26. The number of fused-ring (bicyclic) bond motifs is 1. The van der Waals surface area contributed by atoms with E-state index in [1.165, 1.54) is 6.26 Å². The molecular weight excluding hydrogens is 438 g/mol. The molecule has 4 rings (SSSR count). The normalized spacial score (nSPS) is 12.6. The molecule has 3 aromatic rings. The molecule has 1 aromatic carbocycles. The zero-order chi connectivity index (χ0) is 23.6. The summed E-state index contributed by atoms with van der Waals surface area (Å²) in [6.07, 6.45) is 2.21. The van der Waals surface area contributed by atoms with Crippen LogP contribution in [-0.4, -0.2) is 37.0 Å². The Morgan fingerprint density at radius 2 is 1.91 bits per heavy atom. The van der Waals surface area contributed by atoms with Crippen LogP contribution in [0.4, 0.5) is 22.9 Å². The molecule has 0 fully saturated rings. The number of ether oxygens (including phenoxy) is 1. The predicted octanol–water partition coefficient (Wildman–Crippen LogP) is 4.81.